The van der Waals surface area contributed by atoms with E-state index in [1.54, 1.807) is 12.1 Å². The van der Waals surface area contributed by atoms with Crippen LogP contribution in [0, 0.1) is 0 Å². The van der Waals surface area contributed by atoms with Crippen molar-refractivity contribution in [3.63, 3.8) is 0 Å². The standard InChI is InChI=1S/C13H20N4O2/c1-9(16-12(18)3-2-8-14)10-4-6-11(7-5-10)17-13(15)19/h4-7,9H,2-3,8,14H2,1H3,(H,16,18)(H3,15,17,19). The summed E-state index contributed by atoms with van der Waals surface area (Å²) in [5, 5.41) is 5.36. The summed E-state index contributed by atoms with van der Waals surface area (Å²) in [5.74, 6) is -0.0164. The molecule has 6 N–H and O–H groups in total. The summed E-state index contributed by atoms with van der Waals surface area (Å²) in [4.78, 5) is 22.2. The van der Waals surface area contributed by atoms with Crippen LogP contribution in [0.3, 0.4) is 0 Å². The second kappa shape index (κ2) is 7.38. The van der Waals surface area contributed by atoms with Crippen LogP contribution in [0.5, 0.6) is 0 Å². The SMILES string of the molecule is CC(NC(=O)CCCN)c1ccc(NC(N)=O)cc1. The van der Waals surface area contributed by atoms with Crippen LogP contribution < -0.4 is 22.1 Å². The quantitative estimate of drug-likeness (QED) is 0.617. The lowest BCUT2D eigenvalue weighted by Gasteiger charge is -2.14. The van der Waals surface area contributed by atoms with Crippen molar-refractivity contribution in [1.29, 1.82) is 0 Å². The Morgan fingerprint density at radius 1 is 1.26 bits per heavy atom. The number of anilines is 1. The highest BCUT2D eigenvalue weighted by Gasteiger charge is 2.09. The molecule has 0 aliphatic carbocycles. The Morgan fingerprint density at radius 2 is 1.89 bits per heavy atom. The van der Waals surface area contributed by atoms with Gasteiger partial charge < -0.3 is 22.1 Å². The highest BCUT2D eigenvalue weighted by atomic mass is 16.2. The number of amides is 3. The summed E-state index contributed by atoms with van der Waals surface area (Å²) >= 11 is 0. The Hall–Kier alpha value is -2.08. The lowest BCUT2D eigenvalue weighted by molar-refractivity contribution is -0.121. The van der Waals surface area contributed by atoms with Crippen molar-refractivity contribution >= 4 is 17.6 Å². The topological polar surface area (TPSA) is 110 Å². The Morgan fingerprint density at radius 3 is 2.42 bits per heavy atom. The maximum absolute atomic E-state index is 11.6. The highest BCUT2D eigenvalue weighted by Crippen LogP contribution is 2.16. The molecule has 0 saturated carbocycles. The number of carbonyl (C=O) groups is 2. The van der Waals surface area contributed by atoms with E-state index >= 15 is 0 Å². The number of benzene rings is 1. The minimum atomic E-state index is -0.601. The fourth-order valence-electron chi connectivity index (χ4n) is 1.66. The zero-order valence-electron chi connectivity index (χ0n) is 11.0. The van der Waals surface area contributed by atoms with Crippen molar-refractivity contribution < 1.29 is 9.59 Å². The van der Waals surface area contributed by atoms with Gasteiger partial charge in [0.15, 0.2) is 0 Å². The predicted octanol–water partition coefficient (Wildman–Crippen LogP) is 1.09. The highest BCUT2D eigenvalue weighted by molar-refractivity contribution is 5.87. The molecule has 6 nitrogen and oxygen atoms in total. The van der Waals surface area contributed by atoms with E-state index < -0.39 is 6.03 Å². The van der Waals surface area contributed by atoms with Crippen LogP contribution in [-0.4, -0.2) is 18.5 Å². The van der Waals surface area contributed by atoms with E-state index in [0.717, 1.165) is 5.56 Å². The molecule has 0 bridgehead atoms. The minimum absolute atomic E-state index is 0.0164. The van der Waals surface area contributed by atoms with Crippen LogP contribution in [0.1, 0.15) is 31.4 Å². The maximum atomic E-state index is 11.6. The molecule has 1 atom stereocenters. The molecule has 0 heterocycles. The molecule has 1 aromatic carbocycles. The second-order valence-corrected chi connectivity index (χ2v) is 4.29. The predicted molar refractivity (Wildman–Crippen MR) is 74.5 cm³/mol. The molecule has 0 spiro atoms. The van der Waals surface area contributed by atoms with Gasteiger partial charge in [-0.25, -0.2) is 4.79 Å². The van der Waals surface area contributed by atoms with Crippen molar-refractivity contribution in [2.45, 2.75) is 25.8 Å². The van der Waals surface area contributed by atoms with Gasteiger partial charge in [0.25, 0.3) is 0 Å². The van der Waals surface area contributed by atoms with Crippen molar-refractivity contribution in [3.05, 3.63) is 29.8 Å². The fourth-order valence-corrected chi connectivity index (χ4v) is 1.66. The number of hydrogen-bond acceptors (Lipinski definition) is 3. The first-order valence-electron chi connectivity index (χ1n) is 6.18. The third-order valence-electron chi connectivity index (χ3n) is 2.66. The summed E-state index contributed by atoms with van der Waals surface area (Å²) in [6.07, 6.45) is 1.11. The monoisotopic (exact) mass is 264 g/mol. The average Bonchev–Trinajstić information content (AvgIpc) is 2.36. The Balaban J connectivity index is 2.55. The molecule has 1 aromatic rings. The lowest BCUT2D eigenvalue weighted by atomic mass is 10.1. The largest absolute Gasteiger partial charge is 0.351 e. The number of nitrogens with one attached hydrogen (secondary N) is 2. The van der Waals surface area contributed by atoms with Crippen molar-refractivity contribution in [1.82, 2.24) is 5.32 Å². The summed E-state index contributed by atoms with van der Waals surface area (Å²) in [6, 6.07) is 6.45. The molecule has 19 heavy (non-hydrogen) atoms. The summed E-state index contributed by atoms with van der Waals surface area (Å²) < 4.78 is 0. The smallest absolute Gasteiger partial charge is 0.316 e. The van der Waals surface area contributed by atoms with E-state index in [4.69, 9.17) is 11.5 Å². The molecule has 1 rings (SSSR count). The van der Waals surface area contributed by atoms with Gasteiger partial charge in [-0.2, -0.15) is 0 Å². The molecule has 0 aliphatic rings. The van der Waals surface area contributed by atoms with Gasteiger partial charge in [0.1, 0.15) is 0 Å². The molecule has 0 saturated heterocycles. The number of hydrogen-bond donors (Lipinski definition) is 4. The number of rotatable bonds is 6. The summed E-state index contributed by atoms with van der Waals surface area (Å²) in [5.41, 5.74) is 11.9. The first-order chi connectivity index (χ1) is 9.02. The van der Waals surface area contributed by atoms with E-state index in [9.17, 15) is 9.59 Å². The van der Waals surface area contributed by atoms with Crippen molar-refractivity contribution in [2.24, 2.45) is 11.5 Å². The molecule has 0 radical (unpaired) electrons. The Kier molecular flexibility index (Phi) is 5.81. The van der Waals surface area contributed by atoms with Crippen molar-refractivity contribution in [3.8, 4) is 0 Å². The second-order valence-electron chi connectivity index (χ2n) is 4.29. The number of carbonyl (C=O) groups excluding carboxylic acids is 2. The third kappa shape index (κ3) is 5.39. The van der Waals surface area contributed by atoms with E-state index in [1.807, 2.05) is 19.1 Å². The first-order valence-corrected chi connectivity index (χ1v) is 6.18. The summed E-state index contributed by atoms with van der Waals surface area (Å²) in [6.45, 7) is 2.41. The van der Waals surface area contributed by atoms with Crippen molar-refractivity contribution in [2.75, 3.05) is 11.9 Å². The van der Waals surface area contributed by atoms with Gasteiger partial charge in [-0.05, 0) is 37.6 Å². The van der Waals surface area contributed by atoms with Gasteiger partial charge in [0, 0.05) is 12.1 Å². The van der Waals surface area contributed by atoms with Gasteiger partial charge in [-0.15, -0.1) is 0 Å². The molecule has 3 amide bonds. The van der Waals surface area contributed by atoms with Gasteiger partial charge in [-0.3, -0.25) is 4.79 Å². The third-order valence-corrected chi connectivity index (χ3v) is 2.66. The fraction of sp³-hybridized carbons (Fsp3) is 0.385. The Labute approximate surface area is 112 Å². The first kappa shape index (κ1) is 15.0. The van der Waals surface area contributed by atoms with Gasteiger partial charge >= 0.3 is 6.03 Å². The van der Waals surface area contributed by atoms with Crippen LogP contribution in [0.4, 0.5) is 10.5 Å². The van der Waals surface area contributed by atoms with Gasteiger partial charge in [0.2, 0.25) is 5.91 Å². The molecule has 0 aliphatic heterocycles. The zero-order chi connectivity index (χ0) is 14.3. The van der Waals surface area contributed by atoms with Crippen LogP contribution >= 0.6 is 0 Å². The average molecular weight is 264 g/mol. The molecule has 0 aromatic heterocycles. The lowest BCUT2D eigenvalue weighted by Crippen LogP contribution is -2.27. The Bertz CT molecular complexity index is 431. The molecule has 104 valence electrons. The summed E-state index contributed by atoms with van der Waals surface area (Å²) in [7, 11) is 0. The van der Waals surface area contributed by atoms with Gasteiger partial charge in [0.05, 0.1) is 6.04 Å². The minimum Gasteiger partial charge on any atom is -0.351 e. The maximum Gasteiger partial charge on any atom is 0.316 e. The van der Waals surface area contributed by atoms with Gasteiger partial charge in [-0.1, -0.05) is 12.1 Å². The number of nitrogens with two attached hydrogens (primary N) is 2. The van der Waals surface area contributed by atoms with Crippen LogP contribution in [0.15, 0.2) is 24.3 Å². The van der Waals surface area contributed by atoms with E-state index in [2.05, 4.69) is 10.6 Å². The van der Waals surface area contributed by atoms with E-state index in [0.29, 0.717) is 25.1 Å². The molecule has 0 fully saturated rings. The van der Waals surface area contributed by atoms with Crippen LogP contribution in [0.2, 0.25) is 0 Å². The normalized spacial score (nSPS) is 11.7. The molecular formula is C13H20N4O2. The molecule has 1 unspecified atom stereocenters. The van der Waals surface area contributed by atoms with Crippen LogP contribution in [0.25, 0.3) is 0 Å². The van der Waals surface area contributed by atoms with Crippen LogP contribution in [-0.2, 0) is 4.79 Å². The zero-order valence-corrected chi connectivity index (χ0v) is 11.0. The van der Waals surface area contributed by atoms with E-state index in [-0.39, 0.29) is 11.9 Å². The number of urea groups is 1. The molecular weight excluding hydrogens is 244 g/mol. The number of primary amides is 1. The van der Waals surface area contributed by atoms with E-state index in [1.165, 1.54) is 0 Å². The molecule has 6 heteroatoms.